The molecule has 0 saturated carbocycles. The molecule has 0 bridgehead atoms. The lowest BCUT2D eigenvalue weighted by molar-refractivity contribution is -0.142. The van der Waals surface area contributed by atoms with Gasteiger partial charge >= 0.3 is 5.97 Å². The molecule has 17 heavy (non-hydrogen) atoms. The molecule has 1 rings (SSSR count). The highest BCUT2D eigenvalue weighted by Gasteiger charge is 2.06. The highest BCUT2D eigenvalue weighted by molar-refractivity contribution is 6.30. The van der Waals surface area contributed by atoms with Crippen LogP contribution in [0, 0.1) is 0 Å². The van der Waals surface area contributed by atoms with Crippen molar-refractivity contribution in [3.63, 3.8) is 0 Å². The lowest BCUT2D eigenvalue weighted by Crippen LogP contribution is -2.16. The third-order valence-electron chi connectivity index (χ3n) is 2.09. The molecule has 92 valence electrons. The van der Waals surface area contributed by atoms with Gasteiger partial charge in [0.25, 0.3) is 0 Å². The number of benzene rings is 1. The Labute approximate surface area is 106 Å². The molecule has 0 saturated heterocycles. The van der Waals surface area contributed by atoms with Crippen LogP contribution >= 0.6 is 11.6 Å². The van der Waals surface area contributed by atoms with E-state index in [1.165, 1.54) is 0 Å². The molecule has 0 N–H and O–H groups in total. The number of rotatable bonds is 6. The summed E-state index contributed by atoms with van der Waals surface area (Å²) in [6.07, 6.45) is 1.59. The number of hydrogen-bond acceptors (Lipinski definition) is 3. The summed E-state index contributed by atoms with van der Waals surface area (Å²) in [5.41, 5.74) is 0. The molecule has 1 aromatic rings. The van der Waals surface area contributed by atoms with Gasteiger partial charge in [0.05, 0.1) is 6.61 Å². The van der Waals surface area contributed by atoms with Gasteiger partial charge in [-0.25, -0.2) is 4.79 Å². The summed E-state index contributed by atoms with van der Waals surface area (Å²) in [6.45, 7) is 5.62. The van der Waals surface area contributed by atoms with Crippen LogP contribution in [0.2, 0.25) is 5.02 Å². The third kappa shape index (κ3) is 5.41. The molecule has 0 spiro atoms. The van der Waals surface area contributed by atoms with Gasteiger partial charge in [-0.2, -0.15) is 0 Å². The zero-order valence-electron chi connectivity index (χ0n) is 9.69. The number of carbonyl (C=O) groups excluding carboxylic acids is 1. The Morgan fingerprint density at radius 1 is 1.47 bits per heavy atom. The van der Waals surface area contributed by atoms with Gasteiger partial charge in [-0.05, 0) is 31.2 Å². The van der Waals surface area contributed by atoms with Gasteiger partial charge in [0.1, 0.15) is 11.9 Å². The van der Waals surface area contributed by atoms with Crippen LogP contribution in [-0.4, -0.2) is 18.7 Å². The molecule has 0 fully saturated rings. The Balaban J connectivity index is 2.25. The maximum Gasteiger partial charge on any atom is 0.330 e. The molecular weight excluding hydrogens is 240 g/mol. The van der Waals surface area contributed by atoms with Gasteiger partial charge in [-0.3, -0.25) is 0 Å². The first-order valence-electron chi connectivity index (χ1n) is 5.33. The predicted octanol–water partition coefficient (Wildman–Crippen LogP) is 3.23. The molecule has 1 unspecified atom stereocenters. The molecule has 0 aliphatic rings. The summed E-state index contributed by atoms with van der Waals surface area (Å²) in [5, 5.41) is 0.672. The van der Waals surface area contributed by atoms with Crippen molar-refractivity contribution in [2.24, 2.45) is 0 Å². The minimum Gasteiger partial charge on any atom is -0.493 e. The van der Waals surface area contributed by atoms with E-state index in [1.54, 1.807) is 24.3 Å². The Morgan fingerprint density at radius 2 is 2.12 bits per heavy atom. The lowest BCUT2D eigenvalue weighted by Gasteiger charge is -2.12. The summed E-state index contributed by atoms with van der Waals surface area (Å²) in [5.74, 6) is 0.334. The van der Waals surface area contributed by atoms with Gasteiger partial charge in [-0.1, -0.05) is 18.2 Å². The van der Waals surface area contributed by atoms with Gasteiger partial charge in [0.15, 0.2) is 0 Å². The Hall–Kier alpha value is -1.48. The second-order valence-electron chi connectivity index (χ2n) is 3.54. The number of carbonyl (C=O) groups is 1. The number of ether oxygens (including phenoxy) is 2. The summed E-state index contributed by atoms with van der Waals surface area (Å²) in [7, 11) is 0. The van der Waals surface area contributed by atoms with Crippen LogP contribution in [0.25, 0.3) is 0 Å². The highest BCUT2D eigenvalue weighted by Crippen LogP contribution is 2.15. The van der Waals surface area contributed by atoms with E-state index in [0.717, 1.165) is 11.8 Å². The third-order valence-corrected chi connectivity index (χ3v) is 2.34. The fraction of sp³-hybridized carbons (Fsp3) is 0.308. The van der Waals surface area contributed by atoms with Crippen molar-refractivity contribution in [1.82, 2.24) is 0 Å². The van der Waals surface area contributed by atoms with Crippen LogP contribution in [0.15, 0.2) is 36.9 Å². The minimum atomic E-state index is -0.413. The van der Waals surface area contributed by atoms with E-state index in [1.807, 2.05) is 6.92 Å². The maximum atomic E-state index is 10.9. The highest BCUT2D eigenvalue weighted by atomic mass is 35.5. The SMILES string of the molecule is C=CC(=O)OC(C)CCOc1ccc(Cl)cc1. The lowest BCUT2D eigenvalue weighted by atomic mass is 10.3. The molecule has 0 aliphatic carbocycles. The van der Waals surface area contributed by atoms with Crippen molar-refractivity contribution in [3.8, 4) is 5.75 Å². The average molecular weight is 255 g/mol. The Kier molecular flexibility index (Phi) is 5.57. The van der Waals surface area contributed by atoms with Crippen LogP contribution in [0.1, 0.15) is 13.3 Å². The first-order valence-corrected chi connectivity index (χ1v) is 5.71. The first kappa shape index (κ1) is 13.6. The number of hydrogen-bond donors (Lipinski definition) is 0. The van der Waals surface area contributed by atoms with Crippen molar-refractivity contribution in [2.75, 3.05) is 6.61 Å². The predicted molar refractivity (Wildman–Crippen MR) is 67.3 cm³/mol. The van der Waals surface area contributed by atoms with E-state index in [9.17, 15) is 4.79 Å². The van der Waals surface area contributed by atoms with Crippen molar-refractivity contribution in [3.05, 3.63) is 41.9 Å². The Bertz CT molecular complexity index is 373. The van der Waals surface area contributed by atoms with E-state index >= 15 is 0 Å². The summed E-state index contributed by atoms with van der Waals surface area (Å²) in [4.78, 5) is 10.9. The summed E-state index contributed by atoms with van der Waals surface area (Å²) < 4.78 is 10.5. The van der Waals surface area contributed by atoms with E-state index in [-0.39, 0.29) is 6.10 Å². The largest absolute Gasteiger partial charge is 0.493 e. The Morgan fingerprint density at radius 3 is 2.71 bits per heavy atom. The van der Waals surface area contributed by atoms with E-state index in [2.05, 4.69) is 6.58 Å². The fourth-order valence-corrected chi connectivity index (χ4v) is 1.30. The molecule has 0 aliphatic heterocycles. The second kappa shape index (κ2) is 6.97. The molecule has 4 heteroatoms. The number of halogens is 1. The van der Waals surface area contributed by atoms with Crippen LogP contribution in [0.5, 0.6) is 5.75 Å². The van der Waals surface area contributed by atoms with E-state index < -0.39 is 5.97 Å². The molecule has 0 aromatic heterocycles. The molecule has 3 nitrogen and oxygen atoms in total. The van der Waals surface area contributed by atoms with Gasteiger partial charge < -0.3 is 9.47 Å². The standard InChI is InChI=1S/C13H15ClO3/c1-3-13(15)17-10(2)8-9-16-12-6-4-11(14)5-7-12/h3-7,10H,1,8-9H2,2H3. The zero-order chi connectivity index (χ0) is 12.7. The van der Waals surface area contributed by atoms with Crippen LogP contribution in [-0.2, 0) is 9.53 Å². The van der Waals surface area contributed by atoms with Crippen LogP contribution < -0.4 is 4.74 Å². The normalized spacial score (nSPS) is 11.6. The maximum absolute atomic E-state index is 10.9. The van der Waals surface area contributed by atoms with Crippen molar-refractivity contribution >= 4 is 17.6 Å². The first-order chi connectivity index (χ1) is 8.11. The summed E-state index contributed by atoms with van der Waals surface area (Å²) >= 11 is 5.75. The fourth-order valence-electron chi connectivity index (χ4n) is 1.18. The molecule has 1 atom stereocenters. The van der Waals surface area contributed by atoms with E-state index in [0.29, 0.717) is 18.1 Å². The number of esters is 1. The molecule has 0 radical (unpaired) electrons. The monoisotopic (exact) mass is 254 g/mol. The quantitative estimate of drug-likeness (QED) is 0.578. The molecular formula is C13H15ClO3. The topological polar surface area (TPSA) is 35.5 Å². The van der Waals surface area contributed by atoms with Gasteiger partial charge in [-0.15, -0.1) is 0 Å². The summed E-state index contributed by atoms with van der Waals surface area (Å²) in [6, 6.07) is 7.11. The van der Waals surface area contributed by atoms with Crippen molar-refractivity contribution in [2.45, 2.75) is 19.4 Å². The molecule has 0 heterocycles. The minimum absolute atomic E-state index is 0.187. The zero-order valence-corrected chi connectivity index (χ0v) is 10.4. The molecule has 1 aromatic carbocycles. The van der Waals surface area contributed by atoms with Crippen LogP contribution in [0.4, 0.5) is 0 Å². The van der Waals surface area contributed by atoms with Gasteiger partial charge in [0.2, 0.25) is 0 Å². The average Bonchev–Trinajstić information content (AvgIpc) is 2.31. The van der Waals surface area contributed by atoms with Crippen molar-refractivity contribution in [1.29, 1.82) is 0 Å². The second-order valence-corrected chi connectivity index (χ2v) is 3.98. The van der Waals surface area contributed by atoms with E-state index in [4.69, 9.17) is 21.1 Å². The van der Waals surface area contributed by atoms with Crippen molar-refractivity contribution < 1.29 is 14.3 Å². The van der Waals surface area contributed by atoms with Crippen LogP contribution in [0.3, 0.4) is 0 Å². The van der Waals surface area contributed by atoms with Gasteiger partial charge in [0, 0.05) is 17.5 Å². The smallest absolute Gasteiger partial charge is 0.330 e. The molecule has 0 amide bonds.